The van der Waals surface area contributed by atoms with Gasteiger partial charge in [-0.15, -0.1) is 0 Å². The summed E-state index contributed by atoms with van der Waals surface area (Å²) in [5, 5.41) is 10.3. The van der Waals surface area contributed by atoms with Crippen molar-refractivity contribution in [1.29, 1.82) is 0 Å². The third-order valence-electron chi connectivity index (χ3n) is 4.71. The highest BCUT2D eigenvalue weighted by atomic mass is 35.5. The Morgan fingerprint density at radius 1 is 1.20 bits per heavy atom. The van der Waals surface area contributed by atoms with Gasteiger partial charge in [0, 0.05) is 29.1 Å². The van der Waals surface area contributed by atoms with E-state index in [1.807, 2.05) is 30.4 Å². The quantitative estimate of drug-likeness (QED) is 0.774. The Balaban J connectivity index is 1.85. The maximum Gasteiger partial charge on any atom is 0.168 e. The van der Waals surface area contributed by atoms with E-state index in [9.17, 15) is 5.11 Å². The van der Waals surface area contributed by atoms with E-state index in [1.54, 1.807) is 0 Å². The Morgan fingerprint density at radius 2 is 2.00 bits per heavy atom. The molecule has 0 radical (unpaired) electrons. The molecule has 2 aliphatic rings. The van der Waals surface area contributed by atoms with Gasteiger partial charge in [-0.3, -0.25) is 0 Å². The zero-order valence-electron chi connectivity index (χ0n) is 14.7. The average molecular weight is 362 g/mol. The lowest BCUT2D eigenvalue weighted by molar-refractivity contribution is -0.289. The highest BCUT2D eigenvalue weighted by Crippen LogP contribution is 2.38. The second-order valence-corrected chi connectivity index (χ2v) is 6.63. The number of hydrogen-bond acceptors (Lipinski definition) is 4. The molecule has 0 spiro atoms. The maximum absolute atomic E-state index is 9.64. The summed E-state index contributed by atoms with van der Waals surface area (Å²) in [5.41, 5.74) is 3.93. The fraction of sp³-hybridized carbons (Fsp3) is 0.400. The molecule has 0 fully saturated rings. The highest BCUT2D eigenvalue weighted by Gasteiger charge is 2.26. The lowest BCUT2D eigenvalue weighted by Crippen LogP contribution is -2.34. The number of rotatable bonds is 6. The van der Waals surface area contributed by atoms with Gasteiger partial charge in [-0.1, -0.05) is 43.7 Å². The first kappa shape index (κ1) is 18.2. The summed E-state index contributed by atoms with van der Waals surface area (Å²) in [7, 11) is 0. The molecule has 1 aliphatic heterocycles. The molecule has 4 nitrogen and oxygen atoms in total. The summed E-state index contributed by atoms with van der Waals surface area (Å²) in [4.78, 5) is 13.3. The maximum atomic E-state index is 9.64. The first-order chi connectivity index (χ1) is 12.2. The van der Waals surface area contributed by atoms with Gasteiger partial charge in [0.15, 0.2) is 5.76 Å². The molecule has 0 saturated heterocycles. The fourth-order valence-electron chi connectivity index (χ4n) is 3.27. The molecule has 1 unspecified atom stereocenters. The van der Waals surface area contributed by atoms with Crippen LogP contribution in [0, 0.1) is 0 Å². The number of aliphatic hydroxyl groups is 1. The largest absolute Gasteiger partial charge is 0.392 e. The zero-order valence-corrected chi connectivity index (χ0v) is 15.4. The van der Waals surface area contributed by atoms with Crippen LogP contribution in [0.25, 0.3) is 5.57 Å². The van der Waals surface area contributed by atoms with Crippen molar-refractivity contribution in [2.45, 2.75) is 33.0 Å². The first-order valence-corrected chi connectivity index (χ1v) is 9.10. The highest BCUT2D eigenvalue weighted by molar-refractivity contribution is 6.32. The minimum atomic E-state index is -0.0880. The topological polar surface area (TPSA) is 41.9 Å². The fourth-order valence-corrected chi connectivity index (χ4v) is 3.59. The summed E-state index contributed by atoms with van der Waals surface area (Å²) in [6.45, 7) is 7.01. The Hall–Kier alpha value is -1.59. The van der Waals surface area contributed by atoms with Crippen molar-refractivity contribution in [3.05, 3.63) is 63.9 Å². The van der Waals surface area contributed by atoms with Crippen LogP contribution in [0.4, 0.5) is 0 Å². The summed E-state index contributed by atoms with van der Waals surface area (Å²) in [6.07, 6.45) is 6.65. The Kier molecular flexibility index (Phi) is 5.97. The monoisotopic (exact) mass is 361 g/mol. The predicted octanol–water partition coefficient (Wildman–Crippen LogP) is 4.10. The molecule has 0 aromatic heterocycles. The lowest BCUT2D eigenvalue weighted by atomic mass is 9.89. The van der Waals surface area contributed by atoms with E-state index < -0.39 is 0 Å². The average Bonchev–Trinajstić information content (AvgIpc) is 2.65. The van der Waals surface area contributed by atoms with E-state index in [-0.39, 0.29) is 12.7 Å². The van der Waals surface area contributed by atoms with Crippen LogP contribution in [0.5, 0.6) is 0 Å². The Morgan fingerprint density at radius 3 is 2.72 bits per heavy atom. The van der Waals surface area contributed by atoms with Crippen molar-refractivity contribution in [3.8, 4) is 0 Å². The summed E-state index contributed by atoms with van der Waals surface area (Å²) >= 11 is 6.40. The van der Waals surface area contributed by atoms with Crippen molar-refractivity contribution in [1.82, 2.24) is 4.90 Å². The molecule has 5 heteroatoms. The van der Waals surface area contributed by atoms with E-state index in [1.165, 1.54) is 0 Å². The smallest absolute Gasteiger partial charge is 0.168 e. The predicted molar refractivity (Wildman–Crippen MR) is 99.9 cm³/mol. The number of allylic oxidation sites excluding steroid dienone is 4. The van der Waals surface area contributed by atoms with Crippen molar-refractivity contribution in [3.63, 3.8) is 0 Å². The number of benzene rings is 1. The number of hydrogen-bond donors (Lipinski definition) is 1. The van der Waals surface area contributed by atoms with Crippen molar-refractivity contribution < 1.29 is 14.9 Å². The molecule has 3 rings (SSSR count). The van der Waals surface area contributed by atoms with Gasteiger partial charge in [0.25, 0.3) is 0 Å². The van der Waals surface area contributed by atoms with Gasteiger partial charge in [-0.25, -0.2) is 0 Å². The van der Waals surface area contributed by atoms with Gasteiger partial charge in [0.1, 0.15) is 6.10 Å². The third-order valence-corrected chi connectivity index (χ3v) is 5.02. The van der Waals surface area contributed by atoms with Crippen LogP contribution >= 0.6 is 11.6 Å². The van der Waals surface area contributed by atoms with Crippen LogP contribution < -0.4 is 0 Å². The van der Waals surface area contributed by atoms with Crippen LogP contribution in [0.2, 0.25) is 5.02 Å². The number of nitrogens with zero attached hydrogens (tertiary/aromatic N) is 1. The van der Waals surface area contributed by atoms with E-state index >= 15 is 0 Å². The normalized spacial score (nSPS) is 19.7. The first-order valence-electron chi connectivity index (χ1n) is 8.72. The van der Waals surface area contributed by atoms with Gasteiger partial charge in [-0.05, 0) is 42.4 Å². The molecule has 0 saturated carbocycles. The Bertz CT molecular complexity index is 720. The molecule has 1 heterocycles. The molecular formula is C20H24ClNO3. The third kappa shape index (κ3) is 3.98. The number of fused-ring (bicyclic) bond motifs is 1. The number of likely N-dealkylation sites (N-methyl/N-ethyl adjacent to an activating group) is 1. The molecule has 134 valence electrons. The molecule has 1 aliphatic carbocycles. The van der Waals surface area contributed by atoms with Gasteiger partial charge < -0.3 is 14.9 Å². The summed E-state index contributed by atoms with van der Waals surface area (Å²) in [5.74, 6) is 0.747. The van der Waals surface area contributed by atoms with Crippen LogP contribution in [0.15, 0.2) is 47.8 Å². The van der Waals surface area contributed by atoms with Crippen LogP contribution in [0.3, 0.4) is 0 Å². The van der Waals surface area contributed by atoms with Crippen LogP contribution in [0.1, 0.15) is 31.4 Å². The number of aliphatic hydroxyl groups excluding tert-OH is 1. The molecule has 0 amide bonds. The zero-order chi connectivity index (χ0) is 17.8. The summed E-state index contributed by atoms with van der Waals surface area (Å²) < 4.78 is 0. The molecule has 1 N–H and O–H groups in total. The molecule has 0 bridgehead atoms. The molecule has 1 atom stereocenters. The number of halogens is 1. The lowest BCUT2D eigenvalue weighted by Gasteiger charge is -2.29. The summed E-state index contributed by atoms with van der Waals surface area (Å²) in [6, 6.07) is 5.62. The standard InChI is InChI=1S/C20H24ClNO3/c1-3-22(4-2)12-17-11-16-10-14(8-9-19(16)25-24-17)20-15(13-23)6-5-7-18(20)21/h5-9,11,17,23H,3-4,10,12-13H2,1-2H3. The SMILES string of the molecule is CCN(CC)CC1C=C2CC(c3c(Cl)cccc3CO)=CC=C2OO1. The van der Waals surface area contributed by atoms with Crippen LogP contribution in [-0.2, 0) is 16.4 Å². The van der Waals surface area contributed by atoms with Crippen molar-refractivity contribution in [2.75, 3.05) is 19.6 Å². The van der Waals surface area contributed by atoms with Gasteiger partial charge in [-0.2, -0.15) is 4.89 Å². The van der Waals surface area contributed by atoms with Crippen molar-refractivity contribution in [2.24, 2.45) is 0 Å². The minimum Gasteiger partial charge on any atom is -0.392 e. The van der Waals surface area contributed by atoms with Gasteiger partial charge in [0.2, 0.25) is 0 Å². The van der Waals surface area contributed by atoms with Crippen LogP contribution in [-0.4, -0.2) is 35.7 Å². The second kappa shape index (κ2) is 8.19. The second-order valence-electron chi connectivity index (χ2n) is 6.23. The molecule has 25 heavy (non-hydrogen) atoms. The van der Waals surface area contributed by atoms with E-state index in [4.69, 9.17) is 21.4 Å². The molecular weight excluding hydrogens is 338 g/mol. The molecule has 1 aromatic carbocycles. The van der Waals surface area contributed by atoms with E-state index in [0.717, 1.165) is 47.7 Å². The van der Waals surface area contributed by atoms with Crippen molar-refractivity contribution >= 4 is 17.2 Å². The van der Waals surface area contributed by atoms with Gasteiger partial charge >= 0.3 is 0 Å². The van der Waals surface area contributed by atoms with E-state index in [2.05, 4.69) is 24.8 Å². The molecule has 1 aromatic rings. The Labute approximate surface area is 153 Å². The van der Waals surface area contributed by atoms with E-state index in [0.29, 0.717) is 11.4 Å². The van der Waals surface area contributed by atoms with Gasteiger partial charge in [0.05, 0.1) is 6.61 Å². The minimum absolute atomic E-state index is 0.0347.